The van der Waals surface area contributed by atoms with Gasteiger partial charge in [0.2, 0.25) is 6.79 Å². The van der Waals surface area contributed by atoms with E-state index >= 15 is 0 Å². The molecule has 1 fully saturated rings. The third kappa shape index (κ3) is 2.50. The van der Waals surface area contributed by atoms with Gasteiger partial charge in [-0.3, -0.25) is 9.78 Å². The lowest BCUT2D eigenvalue weighted by Gasteiger charge is -2.22. The molecule has 1 aliphatic carbocycles. The van der Waals surface area contributed by atoms with Crippen LogP contribution in [0.15, 0.2) is 42.7 Å². The minimum absolute atomic E-state index is 0.0354. The number of amides is 1. The number of carbonyl (C=O) groups excluding carboxylic acids is 1. The fraction of sp³-hybridized carbons (Fsp3) is 0.294. The molecule has 0 radical (unpaired) electrons. The summed E-state index contributed by atoms with van der Waals surface area (Å²) in [4.78, 5) is 18.7. The first-order chi connectivity index (χ1) is 10.8. The predicted molar refractivity (Wildman–Crippen MR) is 79.7 cm³/mol. The molecule has 1 aliphatic heterocycles. The van der Waals surface area contributed by atoms with Crippen molar-refractivity contribution in [3.05, 3.63) is 53.9 Å². The number of nitrogens with zero attached hydrogens (tertiary/aromatic N) is 2. The third-order valence-corrected chi connectivity index (χ3v) is 3.95. The minimum Gasteiger partial charge on any atom is -0.454 e. The maximum atomic E-state index is 12.7. The Bertz CT molecular complexity index is 698. The number of fused-ring (bicyclic) bond motifs is 1. The molecule has 4 rings (SSSR count). The van der Waals surface area contributed by atoms with E-state index in [0.29, 0.717) is 18.2 Å². The Labute approximate surface area is 128 Å². The SMILES string of the molecule is O=C(c1cccnc1)N(Cc1ccc2c(c1)OCO2)C1CC1. The van der Waals surface area contributed by atoms with Crippen LogP contribution in [0.1, 0.15) is 28.8 Å². The number of rotatable bonds is 4. The van der Waals surface area contributed by atoms with E-state index in [1.165, 1.54) is 0 Å². The first kappa shape index (κ1) is 13.1. The van der Waals surface area contributed by atoms with Gasteiger partial charge in [-0.05, 0) is 42.7 Å². The van der Waals surface area contributed by atoms with Crippen LogP contribution in [0, 0.1) is 0 Å². The summed E-state index contributed by atoms with van der Waals surface area (Å²) < 4.78 is 10.7. The molecule has 1 saturated carbocycles. The van der Waals surface area contributed by atoms with E-state index in [1.54, 1.807) is 18.5 Å². The molecule has 0 saturated heterocycles. The Balaban J connectivity index is 1.57. The van der Waals surface area contributed by atoms with Crippen molar-refractivity contribution in [2.75, 3.05) is 6.79 Å². The second-order valence-corrected chi connectivity index (χ2v) is 5.59. The highest BCUT2D eigenvalue weighted by Crippen LogP contribution is 2.34. The van der Waals surface area contributed by atoms with Gasteiger partial charge in [-0.1, -0.05) is 6.07 Å². The van der Waals surface area contributed by atoms with E-state index in [9.17, 15) is 4.79 Å². The maximum absolute atomic E-state index is 12.7. The highest BCUT2D eigenvalue weighted by Gasteiger charge is 2.33. The van der Waals surface area contributed by atoms with Crippen molar-refractivity contribution in [2.24, 2.45) is 0 Å². The van der Waals surface area contributed by atoms with Crippen molar-refractivity contribution < 1.29 is 14.3 Å². The number of aromatic nitrogens is 1. The summed E-state index contributed by atoms with van der Waals surface area (Å²) in [5, 5.41) is 0. The van der Waals surface area contributed by atoms with Gasteiger partial charge in [0.1, 0.15) is 0 Å². The summed E-state index contributed by atoms with van der Waals surface area (Å²) in [5.74, 6) is 1.55. The third-order valence-electron chi connectivity index (χ3n) is 3.95. The molecular formula is C17H16N2O3. The van der Waals surface area contributed by atoms with Crippen LogP contribution < -0.4 is 9.47 Å². The first-order valence-electron chi connectivity index (χ1n) is 7.41. The Hall–Kier alpha value is -2.56. The van der Waals surface area contributed by atoms with Gasteiger partial charge in [0, 0.05) is 25.0 Å². The Morgan fingerprint density at radius 1 is 1.23 bits per heavy atom. The highest BCUT2D eigenvalue weighted by atomic mass is 16.7. The number of ether oxygens (including phenoxy) is 2. The lowest BCUT2D eigenvalue weighted by Crippen LogP contribution is -2.32. The van der Waals surface area contributed by atoms with E-state index in [1.807, 2.05) is 29.2 Å². The van der Waals surface area contributed by atoms with Crippen LogP contribution in [-0.2, 0) is 6.54 Å². The van der Waals surface area contributed by atoms with Crippen molar-refractivity contribution >= 4 is 5.91 Å². The van der Waals surface area contributed by atoms with Gasteiger partial charge in [-0.15, -0.1) is 0 Å². The zero-order valence-electron chi connectivity index (χ0n) is 12.1. The standard InChI is InChI=1S/C17H16N2O3/c20-17(13-2-1-7-18-9-13)19(14-4-5-14)10-12-3-6-15-16(8-12)22-11-21-15/h1-3,6-9,14H,4-5,10-11H2. The van der Waals surface area contributed by atoms with Crippen molar-refractivity contribution in [1.29, 1.82) is 0 Å². The lowest BCUT2D eigenvalue weighted by atomic mass is 10.1. The van der Waals surface area contributed by atoms with Crippen LogP contribution in [0.3, 0.4) is 0 Å². The number of hydrogen-bond donors (Lipinski definition) is 0. The van der Waals surface area contributed by atoms with Gasteiger partial charge in [-0.2, -0.15) is 0 Å². The smallest absolute Gasteiger partial charge is 0.255 e. The van der Waals surface area contributed by atoms with Gasteiger partial charge in [-0.25, -0.2) is 0 Å². The van der Waals surface area contributed by atoms with Crippen molar-refractivity contribution in [2.45, 2.75) is 25.4 Å². The number of pyridine rings is 1. The Morgan fingerprint density at radius 2 is 2.09 bits per heavy atom. The largest absolute Gasteiger partial charge is 0.454 e. The molecular weight excluding hydrogens is 280 g/mol. The first-order valence-corrected chi connectivity index (χ1v) is 7.41. The van der Waals surface area contributed by atoms with E-state index in [4.69, 9.17) is 9.47 Å². The van der Waals surface area contributed by atoms with Crippen LogP contribution >= 0.6 is 0 Å². The molecule has 1 aromatic heterocycles. The molecule has 0 N–H and O–H groups in total. The van der Waals surface area contributed by atoms with E-state index < -0.39 is 0 Å². The number of benzene rings is 1. The fourth-order valence-corrected chi connectivity index (χ4v) is 2.64. The van der Waals surface area contributed by atoms with Gasteiger partial charge < -0.3 is 14.4 Å². The van der Waals surface area contributed by atoms with Crippen molar-refractivity contribution in [3.63, 3.8) is 0 Å². The van der Waals surface area contributed by atoms with E-state index in [2.05, 4.69) is 4.98 Å². The molecule has 5 heteroatoms. The number of hydrogen-bond acceptors (Lipinski definition) is 4. The highest BCUT2D eigenvalue weighted by molar-refractivity contribution is 5.94. The average Bonchev–Trinajstić information content (AvgIpc) is 3.30. The molecule has 1 amide bonds. The zero-order valence-corrected chi connectivity index (χ0v) is 12.1. The number of carbonyl (C=O) groups is 1. The maximum Gasteiger partial charge on any atom is 0.255 e. The van der Waals surface area contributed by atoms with Crippen LogP contribution in [0.25, 0.3) is 0 Å². The molecule has 2 aliphatic rings. The second kappa shape index (κ2) is 5.33. The summed E-state index contributed by atoms with van der Waals surface area (Å²) in [5.41, 5.74) is 1.68. The fourth-order valence-electron chi connectivity index (χ4n) is 2.64. The van der Waals surface area contributed by atoms with Crippen LogP contribution in [-0.4, -0.2) is 28.6 Å². The summed E-state index contributed by atoms with van der Waals surface area (Å²) >= 11 is 0. The van der Waals surface area contributed by atoms with Crippen LogP contribution in [0.5, 0.6) is 11.5 Å². The van der Waals surface area contributed by atoms with Crippen molar-refractivity contribution in [1.82, 2.24) is 9.88 Å². The summed E-state index contributed by atoms with van der Waals surface area (Å²) in [6.45, 7) is 0.842. The molecule has 0 unspecified atom stereocenters. The predicted octanol–water partition coefficient (Wildman–Crippen LogP) is 2.62. The molecule has 1 aromatic carbocycles. The summed E-state index contributed by atoms with van der Waals surface area (Å²) in [6.07, 6.45) is 5.43. The Kier molecular flexibility index (Phi) is 3.18. The summed E-state index contributed by atoms with van der Waals surface area (Å²) in [6, 6.07) is 9.77. The lowest BCUT2D eigenvalue weighted by molar-refractivity contribution is 0.0729. The molecule has 0 atom stereocenters. The Morgan fingerprint density at radius 3 is 2.86 bits per heavy atom. The zero-order chi connectivity index (χ0) is 14.9. The van der Waals surface area contributed by atoms with E-state index in [-0.39, 0.29) is 12.7 Å². The molecule has 2 aromatic rings. The van der Waals surface area contributed by atoms with Gasteiger partial charge in [0.15, 0.2) is 11.5 Å². The topological polar surface area (TPSA) is 51.7 Å². The monoisotopic (exact) mass is 296 g/mol. The molecule has 22 heavy (non-hydrogen) atoms. The molecule has 2 heterocycles. The molecule has 112 valence electrons. The molecule has 0 bridgehead atoms. The van der Waals surface area contributed by atoms with Gasteiger partial charge >= 0.3 is 0 Å². The molecule has 0 spiro atoms. The second-order valence-electron chi connectivity index (χ2n) is 5.59. The van der Waals surface area contributed by atoms with Crippen molar-refractivity contribution in [3.8, 4) is 11.5 Å². The minimum atomic E-state index is 0.0354. The quantitative estimate of drug-likeness (QED) is 0.870. The van der Waals surface area contributed by atoms with Gasteiger partial charge in [0.25, 0.3) is 5.91 Å². The van der Waals surface area contributed by atoms with Crippen LogP contribution in [0.4, 0.5) is 0 Å². The normalized spacial score (nSPS) is 15.6. The van der Waals surface area contributed by atoms with E-state index in [0.717, 1.165) is 29.9 Å². The molecule has 5 nitrogen and oxygen atoms in total. The van der Waals surface area contributed by atoms with Crippen LogP contribution in [0.2, 0.25) is 0 Å². The van der Waals surface area contributed by atoms with Gasteiger partial charge in [0.05, 0.1) is 5.56 Å². The average molecular weight is 296 g/mol. The summed E-state index contributed by atoms with van der Waals surface area (Å²) in [7, 11) is 0.